The number of nitrogens with one attached hydrogen (secondary N) is 1. The molecule has 3 N–H and O–H groups in total. The SMILES string of the molecule is NC1CC(NS(=O)(=O)CCc2cccs2)C1. The van der Waals surface area contributed by atoms with E-state index in [1.165, 1.54) is 0 Å². The summed E-state index contributed by atoms with van der Waals surface area (Å²) in [5, 5.41) is 1.96. The molecule has 0 saturated heterocycles. The molecule has 0 amide bonds. The van der Waals surface area contributed by atoms with Crippen LogP contribution in [0.25, 0.3) is 0 Å². The van der Waals surface area contributed by atoms with Crippen LogP contribution in [0, 0.1) is 0 Å². The lowest BCUT2D eigenvalue weighted by molar-refractivity contribution is 0.327. The number of nitrogens with two attached hydrogens (primary N) is 1. The maximum atomic E-state index is 11.7. The minimum absolute atomic E-state index is 0.0586. The van der Waals surface area contributed by atoms with E-state index in [9.17, 15) is 8.42 Å². The molecule has 90 valence electrons. The summed E-state index contributed by atoms with van der Waals surface area (Å²) in [4.78, 5) is 1.11. The smallest absolute Gasteiger partial charge is 0.212 e. The van der Waals surface area contributed by atoms with Crippen LogP contribution in [0.2, 0.25) is 0 Å². The number of thiophene rings is 1. The normalized spacial score (nSPS) is 25.3. The van der Waals surface area contributed by atoms with Gasteiger partial charge in [-0.3, -0.25) is 0 Å². The molecule has 1 fully saturated rings. The van der Waals surface area contributed by atoms with Gasteiger partial charge in [0.1, 0.15) is 0 Å². The highest BCUT2D eigenvalue weighted by molar-refractivity contribution is 7.89. The first-order valence-corrected chi connectivity index (χ1v) is 7.86. The van der Waals surface area contributed by atoms with Crippen LogP contribution >= 0.6 is 11.3 Å². The van der Waals surface area contributed by atoms with Crippen molar-refractivity contribution >= 4 is 21.4 Å². The second kappa shape index (κ2) is 4.83. The Morgan fingerprint density at radius 2 is 2.25 bits per heavy atom. The second-order valence-electron chi connectivity index (χ2n) is 4.19. The predicted molar refractivity (Wildman–Crippen MR) is 65.9 cm³/mol. The van der Waals surface area contributed by atoms with Gasteiger partial charge in [0.2, 0.25) is 10.0 Å². The van der Waals surface area contributed by atoms with Crippen LogP contribution in [0.3, 0.4) is 0 Å². The van der Waals surface area contributed by atoms with Crippen molar-refractivity contribution in [3.8, 4) is 0 Å². The van der Waals surface area contributed by atoms with E-state index in [0.29, 0.717) is 6.42 Å². The third kappa shape index (κ3) is 3.28. The molecular weight excluding hydrogens is 244 g/mol. The summed E-state index contributed by atoms with van der Waals surface area (Å²) in [6.45, 7) is 0. The summed E-state index contributed by atoms with van der Waals surface area (Å²) in [5.74, 6) is 0.166. The van der Waals surface area contributed by atoms with Crippen molar-refractivity contribution in [3.63, 3.8) is 0 Å². The Kier molecular flexibility index (Phi) is 3.63. The Morgan fingerprint density at radius 3 is 2.81 bits per heavy atom. The number of sulfonamides is 1. The van der Waals surface area contributed by atoms with Crippen molar-refractivity contribution in [2.24, 2.45) is 5.73 Å². The maximum absolute atomic E-state index is 11.7. The van der Waals surface area contributed by atoms with Crippen molar-refractivity contribution in [1.29, 1.82) is 0 Å². The molecule has 1 aromatic heterocycles. The molecule has 1 aliphatic carbocycles. The van der Waals surface area contributed by atoms with Gasteiger partial charge in [0.05, 0.1) is 5.75 Å². The Hall–Kier alpha value is -0.430. The summed E-state index contributed by atoms with van der Waals surface area (Å²) >= 11 is 1.59. The molecule has 16 heavy (non-hydrogen) atoms. The highest BCUT2D eigenvalue weighted by Crippen LogP contribution is 2.18. The van der Waals surface area contributed by atoms with Gasteiger partial charge in [0, 0.05) is 17.0 Å². The molecule has 1 saturated carbocycles. The molecule has 0 radical (unpaired) electrons. The molecule has 1 aromatic rings. The average Bonchev–Trinajstić information content (AvgIpc) is 2.64. The average molecular weight is 260 g/mol. The Balaban J connectivity index is 1.79. The summed E-state index contributed by atoms with van der Waals surface area (Å²) in [5.41, 5.74) is 5.61. The first kappa shape index (κ1) is 12.0. The standard InChI is InChI=1S/C10H16N2O2S2/c11-8-6-9(7-8)12-16(13,14)5-3-10-2-1-4-15-10/h1-2,4,8-9,12H,3,5-7,11H2. The minimum atomic E-state index is -3.14. The third-order valence-electron chi connectivity index (χ3n) is 2.72. The molecule has 0 spiro atoms. The third-order valence-corrected chi connectivity index (χ3v) is 5.09. The monoisotopic (exact) mass is 260 g/mol. The van der Waals surface area contributed by atoms with Gasteiger partial charge >= 0.3 is 0 Å². The summed E-state index contributed by atoms with van der Waals surface area (Å²) < 4.78 is 26.1. The summed E-state index contributed by atoms with van der Waals surface area (Å²) in [6.07, 6.45) is 2.11. The topological polar surface area (TPSA) is 72.2 Å². The Labute approximate surface area is 99.9 Å². The van der Waals surface area contributed by atoms with Crippen LogP contribution in [0.5, 0.6) is 0 Å². The largest absolute Gasteiger partial charge is 0.328 e. The van der Waals surface area contributed by atoms with Gasteiger partial charge in [0.25, 0.3) is 0 Å². The van der Waals surface area contributed by atoms with Gasteiger partial charge in [-0.2, -0.15) is 0 Å². The lowest BCUT2D eigenvalue weighted by Crippen LogP contribution is -2.50. The van der Waals surface area contributed by atoms with Crippen LogP contribution in [0.4, 0.5) is 0 Å². The number of aryl methyl sites for hydroxylation is 1. The highest BCUT2D eigenvalue weighted by atomic mass is 32.2. The van der Waals surface area contributed by atoms with Crippen LogP contribution in [0.15, 0.2) is 17.5 Å². The van der Waals surface area contributed by atoms with Crippen molar-refractivity contribution in [2.45, 2.75) is 31.3 Å². The van der Waals surface area contributed by atoms with E-state index >= 15 is 0 Å². The molecule has 1 aliphatic rings. The molecular formula is C10H16N2O2S2. The maximum Gasteiger partial charge on any atom is 0.212 e. The lowest BCUT2D eigenvalue weighted by Gasteiger charge is -2.32. The first-order chi connectivity index (χ1) is 7.55. The molecule has 0 aromatic carbocycles. The minimum Gasteiger partial charge on any atom is -0.328 e. The van der Waals surface area contributed by atoms with E-state index in [1.807, 2.05) is 17.5 Å². The van der Waals surface area contributed by atoms with Gasteiger partial charge in [-0.1, -0.05) is 6.07 Å². The molecule has 4 nitrogen and oxygen atoms in total. The van der Waals surface area contributed by atoms with Crippen LogP contribution in [-0.4, -0.2) is 26.3 Å². The number of hydrogen-bond donors (Lipinski definition) is 2. The van der Waals surface area contributed by atoms with E-state index < -0.39 is 10.0 Å². The highest BCUT2D eigenvalue weighted by Gasteiger charge is 2.29. The van der Waals surface area contributed by atoms with Crippen LogP contribution in [-0.2, 0) is 16.4 Å². The summed E-state index contributed by atoms with van der Waals surface area (Å²) in [7, 11) is -3.14. The second-order valence-corrected chi connectivity index (χ2v) is 7.10. The van der Waals surface area contributed by atoms with Crippen molar-refractivity contribution in [1.82, 2.24) is 4.72 Å². The zero-order chi connectivity index (χ0) is 11.6. The zero-order valence-electron chi connectivity index (χ0n) is 8.93. The lowest BCUT2D eigenvalue weighted by atomic mass is 9.89. The van der Waals surface area contributed by atoms with Crippen molar-refractivity contribution in [2.75, 3.05) is 5.75 Å². The van der Waals surface area contributed by atoms with E-state index in [2.05, 4.69) is 4.72 Å². The van der Waals surface area contributed by atoms with Crippen LogP contribution < -0.4 is 10.5 Å². The van der Waals surface area contributed by atoms with E-state index in [4.69, 9.17) is 5.73 Å². The molecule has 0 bridgehead atoms. The summed E-state index contributed by atoms with van der Waals surface area (Å²) in [6, 6.07) is 4.12. The van der Waals surface area contributed by atoms with E-state index in [1.54, 1.807) is 11.3 Å². The first-order valence-electron chi connectivity index (χ1n) is 5.33. The quantitative estimate of drug-likeness (QED) is 0.818. The zero-order valence-corrected chi connectivity index (χ0v) is 10.6. The van der Waals surface area contributed by atoms with E-state index in [-0.39, 0.29) is 17.8 Å². The van der Waals surface area contributed by atoms with Crippen LogP contribution in [0.1, 0.15) is 17.7 Å². The van der Waals surface area contributed by atoms with Gasteiger partial charge in [-0.05, 0) is 30.7 Å². The molecule has 2 rings (SSSR count). The number of rotatable bonds is 5. The van der Waals surface area contributed by atoms with Crippen molar-refractivity contribution in [3.05, 3.63) is 22.4 Å². The molecule has 1 heterocycles. The molecule has 0 unspecified atom stereocenters. The molecule has 0 aliphatic heterocycles. The fourth-order valence-corrected chi connectivity index (χ4v) is 3.91. The molecule has 6 heteroatoms. The molecule has 0 atom stereocenters. The van der Waals surface area contributed by atoms with Gasteiger partial charge in [-0.15, -0.1) is 11.3 Å². The fraction of sp³-hybridized carbons (Fsp3) is 0.600. The van der Waals surface area contributed by atoms with Gasteiger partial charge in [-0.25, -0.2) is 13.1 Å². The van der Waals surface area contributed by atoms with E-state index in [0.717, 1.165) is 17.7 Å². The Morgan fingerprint density at radius 1 is 1.50 bits per heavy atom. The Bertz CT molecular complexity index is 422. The van der Waals surface area contributed by atoms with Gasteiger partial charge < -0.3 is 5.73 Å². The van der Waals surface area contributed by atoms with Gasteiger partial charge in [0.15, 0.2) is 0 Å². The van der Waals surface area contributed by atoms with Crippen molar-refractivity contribution < 1.29 is 8.42 Å². The number of hydrogen-bond acceptors (Lipinski definition) is 4. The predicted octanol–water partition coefficient (Wildman–Crippen LogP) is 0.700. The fourth-order valence-electron chi connectivity index (χ4n) is 1.76.